The Bertz CT molecular complexity index is 1930. The molecule has 8 nitrogen and oxygen atoms in total. The molecule has 0 radical (unpaired) electrons. The van der Waals surface area contributed by atoms with Crippen LogP contribution in [0.2, 0.25) is 5.02 Å². The molecule has 8 rings (SSSR count). The van der Waals surface area contributed by atoms with E-state index in [1.165, 1.54) is 31.5 Å². The summed E-state index contributed by atoms with van der Waals surface area (Å²) in [4.78, 5) is 9.05. The highest BCUT2D eigenvalue weighted by molar-refractivity contribution is 6.35. The zero-order valence-electron chi connectivity index (χ0n) is 28.5. The van der Waals surface area contributed by atoms with Crippen molar-refractivity contribution in [2.45, 2.75) is 57.0 Å². The van der Waals surface area contributed by atoms with E-state index < -0.39 is 11.7 Å². The first kappa shape index (κ1) is 34.4. The molecule has 2 aliphatic carbocycles. The number of alkyl halides is 3. The quantitative estimate of drug-likeness (QED) is 0.163. The normalized spacial score (nSPS) is 20.3. The maximum absolute atomic E-state index is 15.1. The fraction of sp³-hybridized carbons (Fsp3) is 0.436. The standard InChI is InChI=1S/C39H40ClF3N4O4/c1-48-32-12-23(6-7-24(32)17-45-26-13-37(14-26)19-50-20-37)35-34(40)29(10-11-44-35)28-4-3-5-30(33(28)39(41,42)43)31-9-8-25(36(47-31)49-2)18-46-27-15-38(16-27)21-51-22-38/h3-12,26-27,45-46H,13-22H2,1-2H3. The summed E-state index contributed by atoms with van der Waals surface area (Å²) in [7, 11) is 3.07. The van der Waals surface area contributed by atoms with E-state index in [1.54, 1.807) is 25.3 Å². The van der Waals surface area contributed by atoms with Crippen molar-refractivity contribution in [3.63, 3.8) is 0 Å². The number of methoxy groups -OCH3 is 2. The van der Waals surface area contributed by atoms with Crippen molar-refractivity contribution < 1.29 is 32.1 Å². The minimum Gasteiger partial charge on any atom is -0.496 e. The minimum absolute atomic E-state index is 0.0676. The van der Waals surface area contributed by atoms with Gasteiger partial charge in [0, 0.05) is 70.0 Å². The second-order valence-electron chi connectivity index (χ2n) is 14.6. The number of pyridine rings is 2. The van der Waals surface area contributed by atoms with Gasteiger partial charge in [0.05, 0.1) is 62.6 Å². The number of hydrogen-bond acceptors (Lipinski definition) is 8. The summed E-state index contributed by atoms with van der Waals surface area (Å²) >= 11 is 6.94. The van der Waals surface area contributed by atoms with Crippen molar-refractivity contribution in [3.8, 4) is 45.3 Å². The number of hydrogen-bond donors (Lipinski definition) is 2. The smallest absolute Gasteiger partial charge is 0.417 e. The number of nitrogens with zero attached hydrogens (tertiary/aromatic N) is 2. The number of rotatable bonds is 11. The molecule has 2 saturated carbocycles. The molecule has 2 N–H and O–H groups in total. The topological polar surface area (TPSA) is 86.8 Å². The average Bonchev–Trinajstić information content (AvgIpc) is 3.05. The van der Waals surface area contributed by atoms with Crippen LogP contribution in [0.1, 0.15) is 42.4 Å². The molecular weight excluding hydrogens is 681 g/mol. The first-order valence-corrected chi connectivity index (χ1v) is 17.7. The van der Waals surface area contributed by atoms with Crippen LogP contribution in [-0.4, -0.2) is 62.7 Å². The molecule has 2 spiro atoms. The largest absolute Gasteiger partial charge is 0.496 e. The Labute approximate surface area is 300 Å². The van der Waals surface area contributed by atoms with Crippen LogP contribution >= 0.6 is 11.6 Å². The predicted octanol–water partition coefficient (Wildman–Crippen LogP) is 7.70. The molecule has 0 bridgehead atoms. The van der Waals surface area contributed by atoms with Gasteiger partial charge in [0.15, 0.2) is 0 Å². The van der Waals surface area contributed by atoms with Crippen molar-refractivity contribution in [2.24, 2.45) is 10.8 Å². The van der Waals surface area contributed by atoms with Gasteiger partial charge in [0.1, 0.15) is 5.75 Å². The third kappa shape index (κ3) is 6.48. The maximum atomic E-state index is 15.1. The Kier molecular flexibility index (Phi) is 8.99. The highest BCUT2D eigenvalue weighted by Gasteiger charge is 2.50. The summed E-state index contributed by atoms with van der Waals surface area (Å²) in [5.41, 5.74) is 2.80. The Morgan fingerprint density at radius 2 is 1.43 bits per heavy atom. The van der Waals surface area contributed by atoms with Crippen molar-refractivity contribution in [1.29, 1.82) is 0 Å². The summed E-state index contributed by atoms with van der Waals surface area (Å²) in [6.07, 6.45) is 1.07. The Morgan fingerprint density at radius 3 is 2.02 bits per heavy atom. The van der Waals surface area contributed by atoms with E-state index in [0.717, 1.165) is 63.2 Å². The molecule has 12 heteroatoms. The molecule has 2 saturated heterocycles. The molecule has 4 fully saturated rings. The summed E-state index contributed by atoms with van der Waals surface area (Å²) in [6.45, 7) is 4.45. The summed E-state index contributed by atoms with van der Waals surface area (Å²) in [5, 5.41) is 7.23. The van der Waals surface area contributed by atoms with E-state index in [-0.39, 0.29) is 33.3 Å². The van der Waals surface area contributed by atoms with Crippen molar-refractivity contribution in [2.75, 3.05) is 40.6 Å². The van der Waals surface area contributed by atoms with Crippen LogP contribution in [0.3, 0.4) is 0 Å². The summed E-state index contributed by atoms with van der Waals surface area (Å²) in [5.74, 6) is 0.923. The van der Waals surface area contributed by atoms with E-state index in [9.17, 15) is 0 Å². The zero-order chi connectivity index (χ0) is 35.4. The zero-order valence-corrected chi connectivity index (χ0v) is 29.3. The van der Waals surface area contributed by atoms with Crippen LogP contribution in [0.5, 0.6) is 11.6 Å². The number of benzene rings is 2. The lowest BCUT2D eigenvalue weighted by atomic mass is 9.64. The van der Waals surface area contributed by atoms with Gasteiger partial charge in [-0.15, -0.1) is 0 Å². The lowest BCUT2D eigenvalue weighted by Gasteiger charge is -2.53. The Balaban J connectivity index is 1.06. The number of nitrogens with one attached hydrogen (secondary N) is 2. The monoisotopic (exact) mass is 720 g/mol. The van der Waals surface area contributed by atoms with Crippen LogP contribution < -0.4 is 20.1 Å². The van der Waals surface area contributed by atoms with Gasteiger partial charge in [-0.25, -0.2) is 4.98 Å². The molecule has 4 aromatic rings. The third-order valence-electron chi connectivity index (χ3n) is 11.0. The van der Waals surface area contributed by atoms with E-state index in [4.69, 9.17) is 30.5 Å². The lowest BCUT2D eigenvalue weighted by molar-refractivity contribution is -0.167. The lowest BCUT2D eigenvalue weighted by Crippen LogP contribution is -2.58. The number of halogens is 4. The van der Waals surface area contributed by atoms with Crippen LogP contribution in [0.15, 0.2) is 60.8 Å². The van der Waals surface area contributed by atoms with Crippen molar-refractivity contribution >= 4 is 11.6 Å². The molecule has 0 amide bonds. The Morgan fingerprint density at radius 1 is 0.804 bits per heavy atom. The van der Waals surface area contributed by atoms with E-state index in [0.29, 0.717) is 53.0 Å². The first-order chi connectivity index (χ1) is 24.6. The molecule has 0 atom stereocenters. The maximum Gasteiger partial charge on any atom is 0.417 e. The van der Waals surface area contributed by atoms with Gasteiger partial charge in [-0.05, 0) is 49.4 Å². The Hall–Kier alpha value is -3.74. The SMILES string of the molecule is COc1cc(-c2nccc(-c3cccc(-c4ccc(CNC5CC6(COC6)C5)c(OC)n4)c3C(F)(F)F)c2Cl)ccc1CNC1CC2(COC2)C1. The van der Waals surface area contributed by atoms with Crippen LogP contribution in [0.25, 0.3) is 33.6 Å². The van der Waals surface area contributed by atoms with Crippen LogP contribution in [-0.2, 0) is 28.7 Å². The highest BCUT2D eigenvalue weighted by Crippen LogP contribution is 2.49. The average molecular weight is 721 g/mol. The van der Waals surface area contributed by atoms with Crippen molar-refractivity contribution in [3.05, 3.63) is 82.5 Å². The van der Waals surface area contributed by atoms with Gasteiger partial charge in [-0.1, -0.05) is 48.0 Å². The van der Waals surface area contributed by atoms with E-state index in [2.05, 4.69) is 20.6 Å². The van der Waals surface area contributed by atoms with Gasteiger partial charge in [-0.3, -0.25) is 4.98 Å². The number of ether oxygens (including phenoxy) is 4. The molecule has 2 aromatic heterocycles. The van der Waals surface area contributed by atoms with Gasteiger partial charge < -0.3 is 29.6 Å². The van der Waals surface area contributed by atoms with Gasteiger partial charge in [-0.2, -0.15) is 13.2 Å². The second kappa shape index (κ2) is 13.3. The second-order valence-corrected chi connectivity index (χ2v) is 15.0. The molecular formula is C39H40ClF3N4O4. The van der Waals surface area contributed by atoms with Crippen LogP contribution in [0, 0.1) is 10.8 Å². The molecule has 51 heavy (non-hydrogen) atoms. The van der Waals surface area contributed by atoms with E-state index in [1.807, 2.05) is 18.2 Å². The van der Waals surface area contributed by atoms with Crippen molar-refractivity contribution in [1.82, 2.24) is 20.6 Å². The van der Waals surface area contributed by atoms with Gasteiger partial charge in [0.25, 0.3) is 0 Å². The van der Waals surface area contributed by atoms with Gasteiger partial charge in [0.2, 0.25) is 5.88 Å². The molecule has 2 aliphatic heterocycles. The first-order valence-electron chi connectivity index (χ1n) is 17.3. The molecule has 2 aromatic carbocycles. The van der Waals surface area contributed by atoms with Crippen LogP contribution in [0.4, 0.5) is 13.2 Å². The fourth-order valence-corrected chi connectivity index (χ4v) is 8.46. The number of aromatic nitrogens is 2. The predicted molar refractivity (Wildman–Crippen MR) is 188 cm³/mol. The summed E-state index contributed by atoms with van der Waals surface area (Å²) < 4.78 is 67.2. The molecule has 268 valence electrons. The minimum atomic E-state index is -4.72. The molecule has 4 aliphatic rings. The third-order valence-corrected chi connectivity index (χ3v) is 11.4. The van der Waals surface area contributed by atoms with E-state index >= 15 is 13.2 Å². The molecule has 0 unspecified atom stereocenters. The summed E-state index contributed by atoms with van der Waals surface area (Å²) in [6, 6.07) is 15.8. The molecule has 4 heterocycles. The van der Waals surface area contributed by atoms with Gasteiger partial charge >= 0.3 is 6.18 Å². The fourth-order valence-electron chi connectivity index (χ4n) is 8.14. The highest BCUT2D eigenvalue weighted by atomic mass is 35.5.